The topological polar surface area (TPSA) is 105 Å². The molecule has 0 saturated carbocycles. The maximum absolute atomic E-state index is 14.1. The SMILES string of the molecule is CS(=O)(=O)N(CC(=O)N(Cc1ccccc1)[C@@H](Cc1ccccc1)C(=O)NCc1ccc2c(c1)OCO2)Cc1ccccc1. The summed E-state index contributed by atoms with van der Waals surface area (Å²) in [4.78, 5) is 29.6. The molecule has 0 aliphatic carbocycles. The number of carbonyl (C=O) groups excluding carboxylic acids is 2. The number of nitrogens with zero attached hydrogens (tertiary/aromatic N) is 2. The van der Waals surface area contributed by atoms with E-state index in [2.05, 4.69) is 5.32 Å². The Kier molecular flexibility index (Phi) is 9.93. The quantitative estimate of drug-likeness (QED) is 0.243. The van der Waals surface area contributed by atoms with E-state index < -0.39 is 28.5 Å². The van der Waals surface area contributed by atoms with E-state index in [1.807, 2.05) is 103 Å². The summed E-state index contributed by atoms with van der Waals surface area (Å²) in [7, 11) is -3.76. The fourth-order valence-corrected chi connectivity index (χ4v) is 5.74. The molecule has 1 atom stereocenters. The molecule has 1 N–H and O–H groups in total. The van der Waals surface area contributed by atoms with Crippen molar-refractivity contribution in [2.75, 3.05) is 19.6 Å². The molecule has 4 aromatic carbocycles. The molecular weight excluding hydrogens is 578 g/mol. The average Bonchev–Trinajstić information content (AvgIpc) is 3.50. The van der Waals surface area contributed by atoms with Gasteiger partial charge < -0.3 is 19.7 Å². The van der Waals surface area contributed by atoms with Gasteiger partial charge in [-0.05, 0) is 34.4 Å². The van der Waals surface area contributed by atoms with Crippen LogP contribution in [0.15, 0.2) is 109 Å². The molecule has 0 saturated heterocycles. The predicted molar refractivity (Wildman–Crippen MR) is 167 cm³/mol. The lowest BCUT2D eigenvalue weighted by atomic mass is 10.0. The molecule has 0 spiro atoms. The van der Waals surface area contributed by atoms with Crippen LogP contribution >= 0.6 is 0 Å². The highest BCUT2D eigenvalue weighted by atomic mass is 32.2. The number of benzene rings is 4. The zero-order chi connectivity index (χ0) is 30.9. The van der Waals surface area contributed by atoms with Crippen molar-refractivity contribution in [3.05, 3.63) is 131 Å². The summed E-state index contributed by atoms with van der Waals surface area (Å²) in [6, 6.07) is 32.5. The number of rotatable bonds is 13. The summed E-state index contributed by atoms with van der Waals surface area (Å²) in [6.07, 6.45) is 1.33. The third-order valence-corrected chi connectivity index (χ3v) is 8.55. The fraction of sp³-hybridized carbons (Fsp3) is 0.235. The van der Waals surface area contributed by atoms with Gasteiger partial charge in [0.1, 0.15) is 6.04 Å². The van der Waals surface area contributed by atoms with Gasteiger partial charge in [-0.1, -0.05) is 97.1 Å². The van der Waals surface area contributed by atoms with Crippen molar-refractivity contribution in [2.45, 2.75) is 32.1 Å². The van der Waals surface area contributed by atoms with Crippen LogP contribution in [0, 0.1) is 0 Å². The number of amides is 2. The third-order valence-electron chi connectivity index (χ3n) is 7.35. The summed E-state index contributed by atoms with van der Waals surface area (Å²) >= 11 is 0. The number of hydrogen-bond acceptors (Lipinski definition) is 6. The number of carbonyl (C=O) groups is 2. The van der Waals surface area contributed by atoms with Gasteiger partial charge in [0.25, 0.3) is 0 Å². The van der Waals surface area contributed by atoms with Gasteiger partial charge in [0, 0.05) is 26.1 Å². The second-order valence-electron chi connectivity index (χ2n) is 10.6. The van der Waals surface area contributed by atoms with Crippen LogP contribution in [0.2, 0.25) is 0 Å². The monoisotopic (exact) mass is 613 g/mol. The number of sulfonamides is 1. The molecule has 0 aromatic heterocycles. The van der Waals surface area contributed by atoms with E-state index in [1.165, 1.54) is 4.90 Å². The van der Waals surface area contributed by atoms with Gasteiger partial charge in [0.05, 0.1) is 12.8 Å². The van der Waals surface area contributed by atoms with E-state index >= 15 is 0 Å². The van der Waals surface area contributed by atoms with Crippen LogP contribution in [0.3, 0.4) is 0 Å². The molecule has 1 heterocycles. The number of nitrogens with one attached hydrogen (secondary N) is 1. The molecule has 1 aliphatic heterocycles. The lowest BCUT2D eigenvalue weighted by molar-refractivity contribution is -0.141. The van der Waals surface area contributed by atoms with Crippen LogP contribution in [0.25, 0.3) is 0 Å². The first-order valence-electron chi connectivity index (χ1n) is 14.3. The molecule has 9 nitrogen and oxygen atoms in total. The minimum absolute atomic E-state index is 0.0320. The second kappa shape index (κ2) is 14.2. The first-order valence-corrected chi connectivity index (χ1v) is 16.1. The number of fused-ring (bicyclic) bond motifs is 1. The third kappa shape index (κ3) is 8.24. The first-order chi connectivity index (χ1) is 21.3. The van der Waals surface area contributed by atoms with Gasteiger partial charge in [-0.3, -0.25) is 9.59 Å². The van der Waals surface area contributed by atoms with Gasteiger partial charge in [-0.25, -0.2) is 8.42 Å². The van der Waals surface area contributed by atoms with Crippen molar-refractivity contribution in [1.29, 1.82) is 0 Å². The average molecular weight is 614 g/mol. The predicted octanol–water partition coefficient (Wildman–Crippen LogP) is 4.13. The van der Waals surface area contributed by atoms with Crippen LogP contribution in [0.4, 0.5) is 0 Å². The maximum atomic E-state index is 14.1. The Balaban J connectivity index is 1.44. The van der Waals surface area contributed by atoms with Gasteiger partial charge in [0.15, 0.2) is 11.5 Å². The smallest absolute Gasteiger partial charge is 0.243 e. The molecule has 0 radical (unpaired) electrons. The summed E-state index contributed by atoms with van der Waals surface area (Å²) in [5, 5.41) is 2.99. The summed E-state index contributed by atoms with van der Waals surface area (Å²) in [6.45, 7) is 0.0936. The Morgan fingerprint density at radius 3 is 1.93 bits per heavy atom. The molecule has 10 heteroatoms. The molecular formula is C34H35N3O6S. The van der Waals surface area contributed by atoms with Crippen LogP contribution in [0.1, 0.15) is 22.3 Å². The molecule has 2 amide bonds. The standard InChI is InChI=1S/C34H35N3O6S/c1-44(40,41)36(22-27-13-7-3-8-14-27)24-33(38)37(23-28-15-9-4-10-16-28)30(19-26-11-5-2-6-12-26)34(39)35-21-29-17-18-31-32(20-29)43-25-42-31/h2-18,20,30H,19,21-25H2,1H3,(H,35,39)/t30-/m0/s1. The Bertz CT molecular complexity index is 1670. The highest BCUT2D eigenvalue weighted by Gasteiger charge is 2.33. The lowest BCUT2D eigenvalue weighted by Gasteiger charge is -2.33. The molecule has 0 fully saturated rings. The zero-order valence-corrected chi connectivity index (χ0v) is 25.3. The second-order valence-corrected chi connectivity index (χ2v) is 12.6. The molecule has 44 heavy (non-hydrogen) atoms. The highest BCUT2D eigenvalue weighted by molar-refractivity contribution is 7.88. The minimum Gasteiger partial charge on any atom is -0.454 e. The molecule has 1 aliphatic rings. The van der Waals surface area contributed by atoms with Crippen LogP contribution < -0.4 is 14.8 Å². The Morgan fingerprint density at radius 1 is 0.750 bits per heavy atom. The van der Waals surface area contributed by atoms with Crippen molar-refractivity contribution in [1.82, 2.24) is 14.5 Å². The summed E-state index contributed by atoms with van der Waals surface area (Å²) in [5.74, 6) is 0.421. The van der Waals surface area contributed by atoms with E-state index in [0.29, 0.717) is 11.5 Å². The van der Waals surface area contributed by atoms with Gasteiger partial charge >= 0.3 is 0 Å². The van der Waals surface area contributed by atoms with E-state index in [9.17, 15) is 18.0 Å². The lowest BCUT2D eigenvalue weighted by Crippen LogP contribution is -2.53. The van der Waals surface area contributed by atoms with E-state index in [-0.39, 0.29) is 38.8 Å². The maximum Gasteiger partial charge on any atom is 0.243 e. The molecule has 228 valence electrons. The Morgan fingerprint density at radius 2 is 1.32 bits per heavy atom. The van der Waals surface area contributed by atoms with Crippen LogP contribution in [0.5, 0.6) is 11.5 Å². The van der Waals surface area contributed by atoms with Gasteiger partial charge in [0.2, 0.25) is 28.6 Å². The number of hydrogen-bond donors (Lipinski definition) is 1. The summed E-state index contributed by atoms with van der Waals surface area (Å²) in [5.41, 5.74) is 3.25. The molecule has 0 bridgehead atoms. The largest absolute Gasteiger partial charge is 0.454 e. The Hall–Kier alpha value is -4.67. The summed E-state index contributed by atoms with van der Waals surface area (Å²) < 4.78 is 37.7. The van der Waals surface area contributed by atoms with Crippen molar-refractivity contribution in [3.63, 3.8) is 0 Å². The fourth-order valence-electron chi connectivity index (χ4n) is 5.01. The molecule has 0 unspecified atom stereocenters. The van der Waals surface area contributed by atoms with Gasteiger partial charge in [-0.2, -0.15) is 4.31 Å². The van der Waals surface area contributed by atoms with E-state index in [1.54, 1.807) is 6.07 Å². The van der Waals surface area contributed by atoms with E-state index in [4.69, 9.17) is 9.47 Å². The van der Waals surface area contributed by atoms with Crippen molar-refractivity contribution >= 4 is 21.8 Å². The van der Waals surface area contributed by atoms with Gasteiger partial charge in [-0.15, -0.1) is 0 Å². The van der Waals surface area contributed by atoms with Crippen LogP contribution in [-0.2, 0) is 45.7 Å². The minimum atomic E-state index is -3.76. The zero-order valence-electron chi connectivity index (χ0n) is 24.5. The molecule has 4 aromatic rings. The van der Waals surface area contributed by atoms with Crippen molar-refractivity contribution < 1.29 is 27.5 Å². The highest BCUT2D eigenvalue weighted by Crippen LogP contribution is 2.32. The van der Waals surface area contributed by atoms with Crippen LogP contribution in [-0.4, -0.2) is 55.1 Å². The van der Waals surface area contributed by atoms with E-state index in [0.717, 1.165) is 32.8 Å². The normalized spacial score (nSPS) is 13.0. The van der Waals surface area contributed by atoms with Crippen molar-refractivity contribution in [2.24, 2.45) is 0 Å². The Labute approximate surface area is 258 Å². The first kappa shape index (κ1) is 30.8. The van der Waals surface area contributed by atoms with Crippen molar-refractivity contribution in [3.8, 4) is 11.5 Å². The molecule has 5 rings (SSSR count). The number of ether oxygens (including phenoxy) is 2.